The highest BCUT2D eigenvalue weighted by Crippen LogP contribution is 2.31. The lowest BCUT2D eigenvalue weighted by Gasteiger charge is -2.28. The number of aromatic carboxylic acids is 1. The highest BCUT2D eigenvalue weighted by molar-refractivity contribution is 7.86. The summed E-state index contributed by atoms with van der Waals surface area (Å²) in [5.41, 5.74) is -0.202. The van der Waals surface area contributed by atoms with E-state index in [1.807, 2.05) is 0 Å². The summed E-state index contributed by atoms with van der Waals surface area (Å²) in [5.74, 6) is -4.83. The zero-order chi connectivity index (χ0) is 46.0. The van der Waals surface area contributed by atoms with E-state index in [-0.39, 0.29) is 66.1 Å². The van der Waals surface area contributed by atoms with E-state index in [1.54, 1.807) is 0 Å². The van der Waals surface area contributed by atoms with Crippen LogP contribution in [-0.4, -0.2) is 129 Å². The largest absolute Gasteiger partial charge is 0.478 e. The molecule has 0 atom stereocenters. The molecule has 2 rings (SSSR count). The second-order valence-corrected chi connectivity index (χ2v) is 20.6. The minimum Gasteiger partial charge on any atom is -0.478 e. The predicted molar refractivity (Wildman–Crippen MR) is 217 cm³/mol. The summed E-state index contributed by atoms with van der Waals surface area (Å²) in [6.45, 7) is 4.86. The van der Waals surface area contributed by atoms with Crippen molar-refractivity contribution >= 4 is 79.6 Å². The minimum absolute atomic E-state index is 0.0240. The van der Waals surface area contributed by atoms with Crippen LogP contribution in [0, 0.1) is 13.8 Å². The zero-order valence-corrected chi connectivity index (χ0v) is 36.6. The summed E-state index contributed by atoms with van der Waals surface area (Å²) in [4.78, 5) is 24.9. The standard InChI is InChI=1S/C34H44N2O19S5/c1-23(35(13-8-16-56(40,41)42)31-21-27(59(49,50)51)19-29(25(31)3)33(37)38)11-6-5-7-12-24(2)36(14-9-17-57(43,44)45)32-22-28(60(52,53)54)20-30(26(32)4)34(39)55-15-10-18-58(46,47)48/h5-7,11-12,19-22H,8-10,13-18H2,1-4H3,(H5-,37,38,40,41,42,43,44,45,46,47,48,49,50,51,52,53,54)/p+1. The Hall–Kier alpha value is -4.38. The molecule has 0 radical (unpaired) electrons. The van der Waals surface area contributed by atoms with Crippen molar-refractivity contribution in [3.05, 3.63) is 82.6 Å². The van der Waals surface area contributed by atoms with E-state index < -0.39 is 102 Å². The van der Waals surface area contributed by atoms with Gasteiger partial charge in [-0.1, -0.05) is 18.2 Å². The molecule has 2 aromatic carbocycles. The number of rotatable bonds is 22. The monoisotopic (exact) mass is 945 g/mol. The number of carbonyl (C=O) groups is 2. The van der Waals surface area contributed by atoms with Gasteiger partial charge in [-0.3, -0.25) is 22.8 Å². The van der Waals surface area contributed by atoms with Crippen LogP contribution in [0.25, 0.3) is 0 Å². The Labute approximate surface area is 348 Å². The molecule has 0 aliphatic carbocycles. The van der Waals surface area contributed by atoms with E-state index in [2.05, 4.69) is 0 Å². The number of carbonyl (C=O) groups excluding carboxylic acids is 1. The maximum absolute atomic E-state index is 13.0. The van der Waals surface area contributed by atoms with Crippen LogP contribution in [0.2, 0.25) is 0 Å². The van der Waals surface area contributed by atoms with Crippen molar-refractivity contribution in [1.82, 2.24) is 0 Å². The Morgan fingerprint density at radius 2 is 1.20 bits per heavy atom. The van der Waals surface area contributed by atoms with Gasteiger partial charge in [0.25, 0.3) is 50.6 Å². The molecule has 0 aliphatic rings. The van der Waals surface area contributed by atoms with Gasteiger partial charge in [0.1, 0.15) is 11.4 Å². The molecule has 6 N–H and O–H groups in total. The zero-order valence-electron chi connectivity index (χ0n) is 32.5. The van der Waals surface area contributed by atoms with Crippen molar-refractivity contribution in [2.75, 3.05) is 41.9 Å². The summed E-state index contributed by atoms with van der Waals surface area (Å²) in [6.07, 6.45) is 6.54. The SMILES string of the molecule is C\C(=C/C=C/C=C/C(C)=[N+](\CCCS(=O)(=O)O)c1cc(S(=O)(=O)O)cc(C(=O)OCCCS(=O)(=O)O)c1C)N(CCCS(=O)(=O)O)c1cc(S(=O)(=O)O)cc(C(=O)O)c1C. The first-order chi connectivity index (χ1) is 27.3. The average Bonchev–Trinajstić information content (AvgIpc) is 3.08. The molecule has 0 unspecified atom stereocenters. The van der Waals surface area contributed by atoms with Gasteiger partial charge in [-0.2, -0.15) is 46.7 Å². The van der Waals surface area contributed by atoms with Crippen LogP contribution in [0.1, 0.15) is 65.0 Å². The Bertz CT molecular complexity index is 2670. The number of esters is 1. The molecule has 0 saturated carbocycles. The first-order valence-electron chi connectivity index (χ1n) is 17.2. The number of carboxylic acid groups (broad SMARTS) is 1. The maximum atomic E-state index is 13.0. The highest BCUT2D eigenvalue weighted by atomic mass is 32.2. The van der Waals surface area contributed by atoms with E-state index in [0.29, 0.717) is 5.70 Å². The van der Waals surface area contributed by atoms with Crippen LogP contribution >= 0.6 is 0 Å². The van der Waals surface area contributed by atoms with Crippen LogP contribution in [0.3, 0.4) is 0 Å². The van der Waals surface area contributed by atoms with Gasteiger partial charge < -0.3 is 14.7 Å². The molecule has 334 valence electrons. The van der Waals surface area contributed by atoms with Gasteiger partial charge in [0, 0.05) is 49.0 Å². The van der Waals surface area contributed by atoms with Crippen LogP contribution < -0.4 is 4.90 Å². The van der Waals surface area contributed by atoms with Crippen molar-refractivity contribution in [3.8, 4) is 0 Å². The molecule has 0 aliphatic heterocycles. The van der Waals surface area contributed by atoms with Crippen LogP contribution in [0.15, 0.2) is 70.1 Å². The molecule has 0 fully saturated rings. The third-order valence-electron chi connectivity index (χ3n) is 8.43. The van der Waals surface area contributed by atoms with E-state index in [0.717, 1.165) is 24.3 Å². The molecule has 60 heavy (non-hydrogen) atoms. The first kappa shape index (κ1) is 51.8. The number of hydrogen-bond acceptors (Lipinski definition) is 14. The number of allylic oxidation sites excluding steroid dienone is 6. The number of benzene rings is 2. The minimum atomic E-state index is -4.98. The Morgan fingerprint density at radius 1 is 0.683 bits per heavy atom. The lowest BCUT2D eigenvalue weighted by molar-refractivity contribution is -0.440. The van der Waals surface area contributed by atoms with Gasteiger partial charge in [0.2, 0.25) is 5.69 Å². The van der Waals surface area contributed by atoms with Crippen molar-refractivity contribution in [3.63, 3.8) is 0 Å². The fourth-order valence-corrected chi connectivity index (χ4v) is 8.07. The molecular formula is C34H45N2O19S5+. The third kappa shape index (κ3) is 16.9. The summed E-state index contributed by atoms with van der Waals surface area (Å²) < 4.78 is 170. The topological polar surface area (TPSA) is 342 Å². The summed E-state index contributed by atoms with van der Waals surface area (Å²) >= 11 is 0. The van der Waals surface area contributed by atoms with Crippen LogP contribution in [-0.2, 0) is 55.3 Å². The highest BCUT2D eigenvalue weighted by Gasteiger charge is 2.27. The lowest BCUT2D eigenvalue weighted by atomic mass is 10.0. The second-order valence-electron chi connectivity index (χ2n) is 13.0. The van der Waals surface area contributed by atoms with E-state index >= 15 is 0 Å². The van der Waals surface area contributed by atoms with Crippen molar-refractivity contribution in [2.24, 2.45) is 0 Å². The molecule has 26 heteroatoms. The smallest absolute Gasteiger partial charge is 0.338 e. The van der Waals surface area contributed by atoms with E-state index in [9.17, 15) is 75.0 Å². The number of hydrogen-bond donors (Lipinski definition) is 6. The number of ether oxygens (including phenoxy) is 1. The van der Waals surface area contributed by atoms with Gasteiger partial charge >= 0.3 is 11.9 Å². The van der Waals surface area contributed by atoms with Crippen molar-refractivity contribution < 1.29 is 88.9 Å². The van der Waals surface area contributed by atoms with Crippen molar-refractivity contribution in [2.45, 2.75) is 56.7 Å². The summed E-state index contributed by atoms with van der Waals surface area (Å²) in [6, 6.07) is 3.56. The molecule has 0 amide bonds. The van der Waals surface area contributed by atoms with Crippen molar-refractivity contribution in [1.29, 1.82) is 0 Å². The van der Waals surface area contributed by atoms with Gasteiger partial charge in [-0.15, -0.1) is 0 Å². The van der Waals surface area contributed by atoms with Crippen LogP contribution in [0.5, 0.6) is 0 Å². The molecule has 21 nitrogen and oxygen atoms in total. The second kappa shape index (κ2) is 20.9. The molecule has 0 spiro atoms. The molecule has 0 bridgehead atoms. The third-order valence-corrected chi connectivity index (χ3v) is 12.5. The molecular weight excluding hydrogens is 901 g/mol. The molecule has 0 aromatic heterocycles. The molecule has 0 heterocycles. The number of nitrogens with zero attached hydrogens (tertiary/aromatic N) is 2. The van der Waals surface area contributed by atoms with Gasteiger partial charge in [0.05, 0.1) is 39.9 Å². The molecule has 2 aromatic rings. The lowest BCUT2D eigenvalue weighted by Crippen LogP contribution is -2.26. The molecule has 0 saturated heterocycles. The summed E-state index contributed by atoms with van der Waals surface area (Å²) in [5, 5.41) is 9.72. The Morgan fingerprint density at radius 3 is 1.73 bits per heavy atom. The van der Waals surface area contributed by atoms with E-state index in [4.69, 9.17) is 9.29 Å². The number of carboxylic acids is 1. The Kier molecular flexibility index (Phi) is 18.1. The summed E-state index contributed by atoms with van der Waals surface area (Å²) in [7, 11) is -23.2. The van der Waals surface area contributed by atoms with Crippen LogP contribution in [0.4, 0.5) is 11.4 Å². The predicted octanol–water partition coefficient (Wildman–Crippen LogP) is 3.11. The Balaban J connectivity index is 2.70. The van der Waals surface area contributed by atoms with E-state index in [1.165, 1.54) is 67.6 Å². The van der Waals surface area contributed by atoms with Gasteiger partial charge in [0.15, 0.2) is 5.71 Å². The first-order valence-corrected chi connectivity index (χ1v) is 24.9. The normalized spacial score (nSPS) is 13.8. The quantitative estimate of drug-likeness (QED) is 0.0247. The van der Waals surface area contributed by atoms with Gasteiger partial charge in [-0.05, 0) is 63.5 Å². The fraction of sp³-hybridized carbons (Fsp3) is 0.382. The number of anilines is 1. The fourth-order valence-electron chi connectivity index (χ4n) is 5.54. The maximum Gasteiger partial charge on any atom is 0.338 e. The average molecular weight is 946 g/mol. The van der Waals surface area contributed by atoms with Gasteiger partial charge in [-0.25, -0.2) is 9.59 Å².